The molecule has 2 amide bonds. The van der Waals surface area contributed by atoms with Crippen LogP contribution in [0.15, 0.2) is 0 Å². The number of carbonyl (C=O) groups is 2. The summed E-state index contributed by atoms with van der Waals surface area (Å²) in [5, 5.41) is 0. The third-order valence-electron chi connectivity index (χ3n) is 3.94. The molecule has 0 bridgehead atoms. The van der Waals surface area contributed by atoms with E-state index in [1.807, 2.05) is 32.6 Å². The summed E-state index contributed by atoms with van der Waals surface area (Å²) in [5.41, 5.74) is -0.654. The molecule has 1 aliphatic rings. The van der Waals surface area contributed by atoms with Crippen LogP contribution >= 0.6 is 0 Å². The van der Waals surface area contributed by atoms with Crippen LogP contribution in [0.5, 0.6) is 0 Å². The number of hydrogen-bond acceptors (Lipinski definition) is 3. The first kappa shape index (κ1) is 18.8. The van der Waals surface area contributed by atoms with E-state index in [0.29, 0.717) is 25.7 Å². The Balaban J connectivity index is 2.62. The molecule has 0 atom stereocenters. The van der Waals surface area contributed by atoms with Crippen LogP contribution in [-0.2, 0) is 9.53 Å². The van der Waals surface area contributed by atoms with Crippen molar-refractivity contribution in [1.82, 2.24) is 9.80 Å². The number of ether oxygens (including phenoxy) is 1. The molecule has 0 saturated heterocycles. The molecule has 0 radical (unpaired) electrons. The average molecular weight is 312 g/mol. The predicted octanol–water partition coefficient (Wildman–Crippen LogP) is 3.28. The lowest BCUT2D eigenvalue weighted by atomic mass is 9.87. The Bertz CT molecular complexity index is 384. The minimum absolute atomic E-state index is 0.163. The van der Waals surface area contributed by atoms with Gasteiger partial charge >= 0.3 is 6.09 Å². The van der Waals surface area contributed by atoms with Crippen LogP contribution in [-0.4, -0.2) is 53.6 Å². The van der Waals surface area contributed by atoms with Crippen molar-refractivity contribution in [3.8, 4) is 0 Å². The van der Waals surface area contributed by atoms with Crippen molar-refractivity contribution < 1.29 is 14.3 Å². The molecule has 1 fully saturated rings. The summed E-state index contributed by atoms with van der Waals surface area (Å²) >= 11 is 0. The van der Waals surface area contributed by atoms with Crippen LogP contribution in [0.1, 0.15) is 60.8 Å². The van der Waals surface area contributed by atoms with Crippen molar-refractivity contribution in [2.75, 3.05) is 19.6 Å². The number of hydrogen-bond donors (Lipinski definition) is 0. The van der Waals surface area contributed by atoms with Crippen LogP contribution < -0.4 is 0 Å². The van der Waals surface area contributed by atoms with Crippen molar-refractivity contribution in [1.29, 1.82) is 0 Å². The molecule has 0 aromatic rings. The summed E-state index contributed by atoms with van der Waals surface area (Å²) in [6, 6.07) is 0.383. The highest BCUT2D eigenvalue weighted by Crippen LogP contribution is 2.28. The summed E-state index contributed by atoms with van der Waals surface area (Å²) in [5.74, 6) is 0. The van der Waals surface area contributed by atoms with E-state index in [9.17, 15) is 9.59 Å². The summed E-state index contributed by atoms with van der Waals surface area (Å²) < 4.78 is 5.45. The largest absolute Gasteiger partial charge is 0.444 e. The summed E-state index contributed by atoms with van der Waals surface area (Å²) in [4.78, 5) is 27.2. The van der Waals surface area contributed by atoms with Gasteiger partial charge in [0.05, 0.1) is 0 Å². The fourth-order valence-electron chi connectivity index (χ4n) is 2.66. The number of amides is 2. The van der Waals surface area contributed by atoms with Gasteiger partial charge in [-0.05, 0) is 47.0 Å². The van der Waals surface area contributed by atoms with Gasteiger partial charge < -0.3 is 14.5 Å². The van der Waals surface area contributed by atoms with Gasteiger partial charge in [0, 0.05) is 31.1 Å². The first-order chi connectivity index (χ1) is 10.1. The van der Waals surface area contributed by atoms with Crippen LogP contribution in [0, 0.1) is 5.41 Å². The molecule has 0 N–H and O–H groups in total. The maximum atomic E-state index is 12.2. The van der Waals surface area contributed by atoms with Gasteiger partial charge in [0.2, 0.25) is 6.41 Å². The standard InChI is InChI=1S/C17H32N2O3/c1-7-18(15(21)22-16(2,3)4)11-17(5,6)12-19(13-20)14-9-8-10-14/h13-14H,7-12H2,1-6H3. The minimum Gasteiger partial charge on any atom is -0.444 e. The highest BCUT2D eigenvalue weighted by atomic mass is 16.6. The molecule has 0 heterocycles. The predicted molar refractivity (Wildman–Crippen MR) is 87.7 cm³/mol. The van der Waals surface area contributed by atoms with Gasteiger partial charge in [0.1, 0.15) is 5.60 Å². The van der Waals surface area contributed by atoms with Crippen molar-refractivity contribution in [3.05, 3.63) is 0 Å². The smallest absolute Gasteiger partial charge is 0.410 e. The lowest BCUT2D eigenvalue weighted by Gasteiger charge is -2.41. The Kier molecular flexibility index (Phi) is 6.27. The SMILES string of the molecule is CCN(CC(C)(C)CN(C=O)C1CCC1)C(=O)OC(C)(C)C. The maximum absolute atomic E-state index is 12.2. The van der Waals surface area contributed by atoms with E-state index in [4.69, 9.17) is 4.74 Å². The highest BCUT2D eigenvalue weighted by molar-refractivity contribution is 5.68. The molecule has 128 valence electrons. The Labute approximate surface area is 135 Å². The zero-order chi connectivity index (χ0) is 17.0. The third-order valence-corrected chi connectivity index (χ3v) is 3.94. The summed E-state index contributed by atoms with van der Waals surface area (Å²) in [6.45, 7) is 13.6. The molecule has 0 spiro atoms. The molecule has 0 aromatic heterocycles. The first-order valence-corrected chi connectivity index (χ1v) is 8.27. The second-order valence-corrected chi connectivity index (χ2v) is 8.02. The van der Waals surface area contributed by atoms with Gasteiger partial charge in [-0.25, -0.2) is 4.79 Å². The molecular weight excluding hydrogens is 280 g/mol. The van der Waals surface area contributed by atoms with Crippen molar-refractivity contribution in [3.63, 3.8) is 0 Å². The molecule has 1 rings (SSSR count). The lowest BCUT2D eigenvalue weighted by molar-refractivity contribution is -0.123. The topological polar surface area (TPSA) is 49.9 Å². The van der Waals surface area contributed by atoms with Gasteiger partial charge in [0.25, 0.3) is 0 Å². The van der Waals surface area contributed by atoms with Gasteiger partial charge in [-0.1, -0.05) is 13.8 Å². The van der Waals surface area contributed by atoms with E-state index >= 15 is 0 Å². The number of nitrogens with zero attached hydrogens (tertiary/aromatic N) is 2. The monoisotopic (exact) mass is 312 g/mol. The van der Waals surface area contributed by atoms with Crippen LogP contribution in [0.25, 0.3) is 0 Å². The van der Waals surface area contributed by atoms with Crippen LogP contribution in [0.3, 0.4) is 0 Å². The number of carbonyl (C=O) groups excluding carboxylic acids is 2. The molecule has 1 saturated carbocycles. The maximum Gasteiger partial charge on any atom is 0.410 e. The fraction of sp³-hybridized carbons (Fsp3) is 0.882. The van der Waals surface area contributed by atoms with Gasteiger partial charge in [0.15, 0.2) is 0 Å². The third kappa shape index (κ3) is 5.85. The van der Waals surface area contributed by atoms with E-state index in [2.05, 4.69) is 13.8 Å². The quantitative estimate of drug-likeness (QED) is 0.678. The first-order valence-electron chi connectivity index (χ1n) is 8.27. The second-order valence-electron chi connectivity index (χ2n) is 8.02. The van der Waals surface area contributed by atoms with Crippen molar-refractivity contribution in [2.45, 2.75) is 72.4 Å². The zero-order valence-electron chi connectivity index (χ0n) is 15.0. The highest BCUT2D eigenvalue weighted by Gasteiger charge is 2.32. The van der Waals surface area contributed by atoms with Crippen LogP contribution in [0.2, 0.25) is 0 Å². The second kappa shape index (κ2) is 7.34. The Morgan fingerprint density at radius 1 is 1.18 bits per heavy atom. The molecule has 22 heavy (non-hydrogen) atoms. The molecule has 0 unspecified atom stereocenters. The van der Waals surface area contributed by atoms with E-state index in [1.54, 1.807) is 4.90 Å². The van der Waals surface area contributed by atoms with Gasteiger partial charge in [-0.2, -0.15) is 0 Å². The zero-order valence-corrected chi connectivity index (χ0v) is 15.0. The van der Waals surface area contributed by atoms with E-state index in [0.717, 1.165) is 19.3 Å². The van der Waals surface area contributed by atoms with E-state index in [-0.39, 0.29) is 11.5 Å². The summed E-state index contributed by atoms with van der Waals surface area (Å²) in [6.07, 6.45) is 4.06. The Hall–Kier alpha value is -1.26. The fourth-order valence-corrected chi connectivity index (χ4v) is 2.66. The molecular formula is C17H32N2O3. The Morgan fingerprint density at radius 3 is 2.14 bits per heavy atom. The molecule has 0 aliphatic heterocycles. The molecule has 0 aromatic carbocycles. The molecule has 5 heteroatoms. The molecule has 5 nitrogen and oxygen atoms in total. The Morgan fingerprint density at radius 2 is 1.77 bits per heavy atom. The molecule has 1 aliphatic carbocycles. The summed E-state index contributed by atoms with van der Waals surface area (Å²) in [7, 11) is 0. The van der Waals surface area contributed by atoms with Gasteiger partial charge in [-0.15, -0.1) is 0 Å². The van der Waals surface area contributed by atoms with Crippen molar-refractivity contribution in [2.24, 2.45) is 5.41 Å². The lowest BCUT2D eigenvalue weighted by Crippen LogP contribution is -2.49. The normalized spacial score (nSPS) is 15.9. The minimum atomic E-state index is -0.491. The van der Waals surface area contributed by atoms with Gasteiger partial charge in [-0.3, -0.25) is 4.79 Å². The van der Waals surface area contributed by atoms with E-state index in [1.165, 1.54) is 6.42 Å². The van der Waals surface area contributed by atoms with Crippen LogP contribution in [0.4, 0.5) is 4.79 Å². The van der Waals surface area contributed by atoms with E-state index < -0.39 is 5.60 Å². The van der Waals surface area contributed by atoms with Crippen molar-refractivity contribution >= 4 is 12.5 Å². The average Bonchev–Trinajstić information content (AvgIpc) is 2.30. The number of rotatable bonds is 7.